The minimum Gasteiger partial charge on any atom is -0.452 e. The zero-order chi connectivity index (χ0) is 24.9. The molecule has 0 unspecified atom stereocenters. The summed E-state index contributed by atoms with van der Waals surface area (Å²) in [7, 11) is -4.22. The number of rotatable bonds is 8. The maximum Gasteiger partial charge on any atom is 0.342 e. The molecule has 3 aromatic rings. The number of benzene rings is 3. The van der Waals surface area contributed by atoms with Gasteiger partial charge in [-0.3, -0.25) is 4.79 Å². The molecule has 0 heterocycles. The zero-order valence-electron chi connectivity index (χ0n) is 18.9. The number of carbonyl (C=O) groups excluding carboxylic acids is 2. The first-order valence-electron chi connectivity index (χ1n) is 10.4. The minimum atomic E-state index is -4.22. The summed E-state index contributed by atoms with van der Waals surface area (Å²) >= 11 is 0. The maximum absolute atomic E-state index is 13.1. The fraction of sp³-hybridized carbons (Fsp3) is 0.200. The standard InChI is InChI=1S/C25H24FNO6S/c1-16-8-9-17(2)23(14-16)34(30,31)33-22-7-5-4-6-21(22)25(29)32-15-24(28)27-18(3)19-10-12-20(26)13-11-19/h4-14,18H,15H2,1-3H3,(H,27,28)/t18-/m0/s1. The van der Waals surface area contributed by atoms with E-state index >= 15 is 0 Å². The molecule has 1 N–H and O–H groups in total. The Labute approximate surface area is 197 Å². The van der Waals surface area contributed by atoms with E-state index in [0.717, 1.165) is 5.56 Å². The largest absolute Gasteiger partial charge is 0.452 e. The third kappa shape index (κ3) is 6.20. The molecule has 3 rings (SSSR count). The van der Waals surface area contributed by atoms with Crippen LogP contribution in [0.25, 0.3) is 0 Å². The van der Waals surface area contributed by atoms with Crippen LogP contribution in [-0.4, -0.2) is 26.9 Å². The number of amides is 1. The molecule has 1 atom stereocenters. The van der Waals surface area contributed by atoms with Gasteiger partial charge in [-0.1, -0.05) is 36.4 Å². The molecule has 0 aromatic heterocycles. The maximum atomic E-state index is 13.1. The van der Waals surface area contributed by atoms with E-state index in [9.17, 15) is 22.4 Å². The molecule has 9 heteroatoms. The van der Waals surface area contributed by atoms with Crippen molar-refractivity contribution in [1.29, 1.82) is 0 Å². The van der Waals surface area contributed by atoms with Crippen molar-refractivity contribution in [1.82, 2.24) is 5.32 Å². The highest BCUT2D eigenvalue weighted by molar-refractivity contribution is 7.87. The van der Waals surface area contributed by atoms with Crippen molar-refractivity contribution >= 4 is 22.0 Å². The molecule has 0 bridgehead atoms. The first-order chi connectivity index (χ1) is 16.1. The number of aryl methyl sites for hydroxylation is 2. The number of para-hydroxylation sites is 1. The number of carbonyl (C=O) groups is 2. The van der Waals surface area contributed by atoms with E-state index in [4.69, 9.17) is 8.92 Å². The van der Waals surface area contributed by atoms with Crippen molar-refractivity contribution in [2.45, 2.75) is 31.7 Å². The molecule has 0 aliphatic rings. The highest BCUT2D eigenvalue weighted by atomic mass is 32.2. The molecule has 0 spiro atoms. The van der Waals surface area contributed by atoms with Crippen molar-refractivity contribution in [3.8, 4) is 5.75 Å². The predicted molar refractivity (Wildman–Crippen MR) is 123 cm³/mol. The Kier molecular flexibility index (Phi) is 7.68. The van der Waals surface area contributed by atoms with Crippen LogP contribution in [0.4, 0.5) is 4.39 Å². The molecule has 0 saturated carbocycles. The van der Waals surface area contributed by atoms with Crippen LogP contribution in [-0.2, 0) is 19.6 Å². The Morgan fingerprint density at radius 2 is 1.68 bits per heavy atom. The van der Waals surface area contributed by atoms with Gasteiger partial charge >= 0.3 is 16.1 Å². The van der Waals surface area contributed by atoms with E-state index < -0.39 is 40.5 Å². The summed E-state index contributed by atoms with van der Waals surface area (Å²) in [6.07, 6.45) is 0. The van der Waals surface area contributed by atoms with Crippen molar-refractivity contribution in [3.63, 3.8) is 0 Å². The lowest BCUT2D eigenvalue weighted by Gasteiger charge is -2.15. The molecule has 0 saturated heterocycles. The van der Waals surface area contributed by atoms with E-state index in [1.807, 2.05) is 0 Å². The van der Waals surface area contributed by atoms with Gasteiger partial charge in [-0.15, -0.1) is 0 Å². The van der Waals surface area contributed by atoms with Gasteiger partial charge in [0.1, 0.15) is 16.3 Å². The molecule has 7 nitrogen and oxygen atoms in total. The molecular weight excluding hydrogens is 461 g/mol. The number of ether oxygens (including phenoxy) is 1. The topological polar surface area (TPSA) is 98.8 Å². The van der Waals surface area contributed by atoms with Gasteiger partial charge in [0.05, 0.1) is 6.04 Å². The number of nitrogens with one attached hydrogen (secondary N) is 1. The molecule has 3 aromatic carbocycles. The van der Waals surface area contributed by atoms with Gasteiger partial charge in [0.25, 0.3) is 5.91 Å². The average Bonchev–Trinajstić information content (AvgIpc) is 2.79. The summed E-state index contributed by atoms with van der Waals surface area (Å²) in [6.45, 7) is 4.50. The third-order valence-electron chi connectivity index (χ3n) is 5.00. The quantitative estimate of drug-likeness (QED) is 0.378. The minimum absolute atomic E-state index is 0.00942. The van der Waals surface area contributed by atoms with E-state index in [0.29, 0.717) is 11.1 Å². The monoisotopic (exact) mass is 485 g/mol. The number of hydrogen-bond donors (Lipinski definition) is 1. The second kappa shape index (κ2) is 10.5. The Hall–Kier alpha value is -3.72. The lowest BCUT2D eigenvalue weighted by molar-refractivity contribution is -0.124. The van der Waals surface area contributed by atoms with Crippen LogP contribution < -0.4 is 9.50 Å². The number of hydrogen-bond acceptors (Lipinski definition) is 6. The van der Waals surface area contributed by atoms with Gasteiger partial charge in [0.2, 0.25) is 0 Å². The smallest absolute Gasteiger partial charge is 0.342 e. The Balaban J connectivity index is 1.68. The summed E-state index contributed by atoms with van der Waals surface area (Å²) in [5.74, 6) is -2.10. The van der Waals surface area contributed by atoms with E-state index in [1.54, 1.807) is 32.9 Å². The Bertz CT molecular complexity index is 1310. The highest BCUT2D eigenvalue weighted by Crippen LogP contribution is 2.26. The van der Waals surface area contributed by atoms with Crippen LogP contribution in [0, 0.1) is 19.7 Å². The van der Waals surface area contributed by atoms with Crippen LogP contribution in [0.15, 0.2) is 71.6 Å². The third-order valence-corrected chi connectivity index (χ3v) is 6.38. The Morgan fingerprint density at radius 1 is 1.00 bits per heavy atom. The van der Waals surface area contributed by atoms with Crippen LogP contribution in [0.3, 0.4) is 0 Å². The molecule has 0 aliphatic heterocycles. The lowest BCUT2D eigenvalue weighted by Crippen LogP contribution is -2.31. The molecule has 1 amide bonds. The van der Waals surface area contributed by atoms with Crippen LogP contribution in [0.1, 0.15) is 40.0 Å². The Morgan fingerprint density at radius 3 is 2.38 bits per heavy atom. The van der Waals surface area contributed by atoms with E-state index in [2.05, 4.69) is 5.32 Å². The summed E-state index contributed by atoms with van der Waals surface area (Å²) < 4.78 is 49.0. The first-order valence-corrected chi connectivity index (χ1v) is 11.8. The predicted octanol–water partition coefficient (Wildman–Crippen LogP) is 4.24. The summed E-state index contributed by atoms with van der Waals surface area (Å²) in [5.41, 5.74) is 1.77. The molecule has 0 radical (unpaired) electrons. The van der Waals surface area contributed by atoms with Gasteiger partial charge in [-0.2, -0.15) is 8.42 Å². The average molecular weight is 486 g/mol. The van der Waals surface area contributed by atoms with Crippen molar-refractivity contribution in [3.05, 3.63) is 94.8 Å². The van der Waals surface area contributed by atoms with Crippen molar-refractivity contribution in [2.75, 3.05) is 6.61 Å². The second-order valence-corrected chi connectivity index (χ2v) is 9.23. The number of halogens is 1. The molecule has 0 aliphatic carbocycles. The van der Waals surface area contributed by atoms with Gasteiger partial charge < -0.3 is 14.2 Å². The molecular formula is C25H24FNO6S. The van der Waals surface area contributed by atoms with Crippen LogP contribution in [0.2, 0.25) is 0 Å². The second-order valence-electron chi connectivity index (χ2n) is 7.72. The van der Waals surface area contributed by atoms with Gasteiger partial charge in [-0.05, 0) is 67.8 Å². The lowest BCUT2D eigenvalue weighted by atomic mass is 10.1. The summed E-state index contributed by atoms with van der Waals surface area (Å²) in [6, 6.07) is 15.8. The molecule has 34 heavy (non-hydrogen) atoms. The summed E-state index contributed by atoms with van der Waals surface area (Å²) in [5, 5.41) is 2.64. The zero-order valence-corrected chi connectivity index (χ0v) is 19.7. The molecule has 178 valence electrons. The van der Waals surface area contributed by atoms with Crippen molar-refractivity contribution in [2.24, 2.45) is 0 Å². The fourth-order valence-corrected chi connectivity index (χ4v) is 4.44. The highest BCUT2D eigenvalue weighted by Gasteiger charge is 2.24. The normalized spacial score (nSPS) is 12.0. The van der Waals surface area contributed by atoms with E-state index in [-0.39, 0.29) is 16.2 Å². The van der Waals surface area contributed by atoms with Crippen molar-refractivity contribution < 1.29 is 31.3 Å². The molecule has 0 fully saturated rings. The van der Waals surface area contributed by atoms with Gasteiger partial charge in [-0.25, -0.2) is 9.18 Å². The van der Waals surface area contributed by atoms with Crippen LogP contribution >= 0.6 is 0 Å². The number of esters is 1. The van der Waals surface area contributed by atoms with E-state index in [1.165, 1.54) is 54.6 Å². The van der Waals surface area contributed by atoms with Gasteiger partial charge in [0, 0.05) is 0 Å². The van der Waals surface area contributed by atoms with Crippen LogP contribution in [0.5, 0.6) is 5.75 Å². The first kappa shape index (κ1) is 24.9. The SMILES string of the molecule is Cc1ccc(C)c(S(=O)(=O)Oc2ccccc2C(=O)OCC(=O)N[C@@H](C)c2ccc(F)cc2)c1. The summed E-state index contributed by atoms with van der Waals surface area (Å²) in [4.78, 5) is 24.8. The van der Waals surface area contributed by atoms with Gasteiger partial charge in [0.15, 0.2) is 12.4 Å². The fourth-order valence-electron chi connectivity index (χ4n) is 3.17.